The fourth-order valence-corrected chi connectivity index (χ4v) is 3.61. The molecule has 2 rings (SSSR count). The molecule has 2 amide bonds. The standard InChI is InChI=1S/C17H19Cl2N3O3S/c1-17(2,3)22(16(24)25)7-6-20-15(23)13-14(26-9-21-13)11-8-10(18)4-5-12(11)19/h4-5,8-9H,6-7H2,1-3H3,(H,20,23)(H,24,25). The van der Waals surface area contributed by atoms with E-state index in [-0.39, 0.29) is 18.8 Å². The second kappa shape index (κ2) is 8.24. The zero-order valence-electron chi connectivity index (χ0n) is 14.5. The predicted molar refractivity (Wildman–Crippen MR) is 104 cm³/mol. The molecule has 0 aliphatic rings. The monoisotopic (exact) mass is 415 g/mol. The summed E-state index contributed by atoms with van der Waals surface area (Å²) in [6.45, 7) is 5.72. The zero-order chi connectivity index (χ0) is 19.5. The minimum Gasteiger partial charge on any atom is -0.465 e. The van der Waals surface area contributed by atoms with E-state index in [9.17, 15) is 14.7 Å². The summed E-state index contributed by atoms with van der Waals surface area (Å²) in [5, 5.41) is 13.0. The van der Waals surface area contributed by atoms with Gasteiger partial charge in [0.1, 0.15) is 5.69 Å². The van der Waals surface area contributed by atoms with Gasteiger partial charge in [-0.25, -0.2) is 9.78 Å². The first-order valence-electron chi connectivity index (χ1n) is 7.79. The lowest BCUT2D eigenvalue weighted by Crippen LogP contribution is -2.48. The second-order valence-electron chi connectivity index (χ2n) is 6.52. The Morgan fingerprint density at radius 2 is 2.00 bits per heavy atom. The maximum absolute atomic E-state index is 12.5. The van der Waals surface area contributed by atoms with Crippen LogP contribution in [0.15, 0.2) is 23.7 Å². The van der Waals surface area contributed by atoms with Crippen LogP contribution in [0, 0.1) is 0 Å². The first-order valence-corrected chi connectivity index (χ1v) is 9.42. The summed E-state index contributed by atoms with van der Waals surface area (Å²) >= 11 is 13.5. The highest BCUT2D eigenvalue weighted by molar-refractivity contribution is 7.13. The van der Waals surface area contributed by atoms with E-state index in [2.05, 4.69) is 10.3 Å². The van der Waals surface area contributed by atoms with Crippen LogP contribution in [0.1, 0.15) is 31.3 Å². The average molecular weight is 416 g/mol. The van der Waals surface area contributed by atoms with Gasteiger partial charge in [0.15, 0.2) is 0 Å². The lowest BCUT2D eigenvalue weighted by atomic mass is 10.1. The van der Waals surface area contributed by atoms with E-state index in [1.807, 2.05) is 0 Å². The smallest absolute Gasteiger partial charge is 0.407 e. The van der Waals surface area contributed by atoms with E-state index in [1.54, 1.807) is 44.5 Å². The van der Waals surface area contributed by atoms with E-state index >= 15 is 0 Å². The minimum absolute atomic E-state index is 0.169. The van der Waals surface area contributed by atoms with Crippen LogP contribution in [0.25, 0.3) is 10.4 Å². The lowest BCUT2D eigenvalue weighted by Gasteiger charge is -2.33. The molecule has 0 aliphatic carbocycles. The van der Waals surface area contributed by atoms with Crippen LogP contribution >= 0.6 is 34.5 Å². The molecule has 1 aromatic heterocycles. The predicted octanol–water partition coefficient (Wildman–Crippen LogP) is 4.63. The Labute approximate surface area is 165 Å². The van der Waals surface area contributed by atoms with Gasteiger partial charge in [-0.2, -0.15) is 0 Å². The van der Waals surface area contributed by atoms with Gasteiger partial charge in [-0.3, -0.25) is 4.79 Å². The Hall–Kier alpha value is -1.83. The molecule has 0 unspecified atom stereocenters. The fraction of sp³-hybridized carbons (Fsp3) is 0.353. The largest absolute Gasteiger partial charge is 0.465 e. The summed E-state index contributed by atoms with van der Waals surface area (Å²) in [5.41, 5.74) is 1.86. The van der Waals surface area contributed by atoms with Crippen LogP contribution in [-0.4, -0.2) is 45.6 Å². The molecule has 0 saturated heterocycles. The Morgan fingerprint density at radius 1 is 1.31 bits per heavy atom. The first kappa shape index (κ1) is 20.5. The van der Waals surface area contributed by atoms with Gasteiger partial charge in [0.25, 0.3) is 5.91 Å². The molecule has 1 aromatic carbocycles. The van der Waals surface area contributed by atoms with Crippen LogP contribution in [0.4, 0.5) is 4.79 Å². The summed E-state index contributed by atoms with van der Waals surface area (Å²) < 4.78 is 0. The van der Waals surface area contributed by atoms with E-state index in [1.165, 1.54) is 16.2 Å². The number of thiazole rings is 1. The van der Waals surface area contributed by atoms with Crippen molar-refractivity contribution in [2.75, 3.05) is 13.1 Å². The van der Waals surface area contributed by atoms with Crippen molar-refractivity contribution in [3.05, 3.63) is 39.4 Å². The summed E-state index contributed by atoms with van der Waals surface area (Å²) in [6, 6.07) is 5.01. The maximum Gasteiger partial charge on any atom is 0.407 e. The van der Waals surface area contributed by atoms with Crippen LogP contribution in [0.3, 0.4) is 0 Å². The highest BCUT2D eigenvalue weighted by Gasteiger charge is 2.26. The fourth-order valence-electron chi connectivity index (χ4n) is 2.35. The molecule has 1 heterocycles. The molecule has 6 nitrogen and oxygen atoms in total. The normalized spacial score (nSPS) is 11.3. The third-order valence-electron chi connectivity index (χ3n) is 3.62. The van der Waals surface area contributed by atoms with Crippen LogP contribution in [0.2, 0.25) is 10.0 Å². The average Bonchev–Trinajstić information content (AvgIpc) is 3.01. The third kappa shape index (κ3) is 4.87. The summed E-state index contributed by atoms with van der Waals surface area (Å²) in [5.74, 6) is -0.392. The number of nitrogens with one attached hydrogen (secondary N) is 1. The number of halogens is 2. The van der Waals surface area contributed by atoms with Crippen LogP contribution in [0.5, 0.6) is 0 Å². The van der Waals surface area contributed by atoms with Gasteiger partial charge in [0.2, 0.25) is 0 Å². The number of hydrogen-bond donors (Lipinski definition) is 2. The van der Waals surface area contributed by atoms with Crippen LogP contribution in [-0.2, 0) is 0 Å². The van der Waals surface area contributed by atoms with E-state index in [4.69, 9.17) is 23.2 Å². The highest BCUT2D eigenvalue weighted by Crippen LogP contribution is 2.35. The molecule has 0 aliphatic heterocycles. The van der Waals surface area contributed by atoms with Gasteiger partial charge >= 0.3 is 6.09 Å². The van der Waals surface area contributed by atoms with Crippen molar-refractivity contribution in [3.8, 4) is 10.4 Å². The van der Waals surface area contributed by atoms with Crippen molar-refractivity contribution in [2.45, 2.75) is 26.3 Å². The minimum atomic E-state index is -1.04. The van der Waals surface area contributed by atoms with Gasteiger partial charge < -0.3 is 15.3 Å². The van der Waals surface area contributed by atoms with Crippen molar-refractivity contribution >= 4 is 46.5 Å². The number of amides is 2. The number of carbonyl (C=O) groups excluding carboxylic acids is 1. The molecule has 0 saturated carbocycles. The molecular formula is C17H19Cl2N3O3S. The Morgan fingerprint density at radius 3 is 2.62 bits per heavy atom. The second-order valence-corrected chi connectivity index (χ2v) is 8.21. The molecular weight excluding hydrogens is 397 g/mol. The Bertz CT molecular complexity index is 818. The quantitative estimate of drug-likeness (QED) is 0.745. The Kier molecular flexibility index (Phi) is 6.49. The van der Waals surface area contributed by atoms with Gasteiger partial charge in [0, 0.05) is 34.2 Å². The van der Waals surface area contributed by atoms with Crippen LogP contribution < -0.4 is 5.32 Å². The molecule has 26 heavy (non-hydrogen) atoms. The SMILES string of the molecule is CC(C)(C)N(CCNC(=O)c1ncsc1-c1cc(Cl)ccc1Cl)C(=O)O. The van der Waals surface area contributed by atoms with Crippen molar-refractivity contribution in [3.63, 3.8) is 0 Å². The molecule has 9 heteroatoms. The zero-order valence-corrected chi connectivity index (χ0v) is 16.9. The summed E-state index contributed by atoms with van der Waals surface area (Å²) in [6.07, 6.45) is -1.04. The Balaban J connectivity index is 2.11. The van der Waals surface area contributed by atoms with Gasteiger partial charge in [-0.05, 0) is 39.0 Å². The number of hydrogen-bond acceptors (Lipinski definition) is 4. The molecule has 0 bridgehead atoms. The molecule has 0 atom stereocenters. The van der Waals surface area contributed by atoms with Crippen molar-refractivity contribution < 1.29 is 14.7 Å². The van der Waals surface area contributed by atoms with Gasteiger partial charge in [0.05, 0.1) is 10.4 Å². The molecule has 0 spiro atoms. The van der Waals surface area contributed by atoms with Gasteiger partial charge in [-0.15, -0.1) is 11.3 Å². The molecule has 2 N–H and O–H groups in total. The maximum atomic E-state index is 12.5. The van der Waals surface area contributed by atoms with Gasteiger partial charge in [-0.1, -0.05) is 23.2 Å². The number of nitrogens with zero attached hydrogens (tertiary/aromatic N) is 2. The summed E-state index contributed by atoms with van der Waals surface area (Å²) in [7, 11) is 0. The number of carbonyl (C=O) groups is 2. The topological polar surface area (TPSA) is 82.5 Å². The first-order chi connectivity index (χ1) is 12.1. The number of benzene rings is 1. The van der Waals surface area contributed by atoms with Crippen molar-refractivity contribution in [2.24, 2.45) is 0 Å². The molecule has 0 radical (unpaired) electrons. The number of aromatic nitrogens is 1. The molecule has 2 aromatic rings. The number of rotatable bonds is 5. The van der Waals surface area contributed by atoms with Crippen molar-refractivity contribution in [1.29, 1.82) is 0 Å². The van der Waals surface area contributed by atoms with E-state index in [0.29, 0.717) is 20.5 Å². The van der Waals surface area contributed by atoms with Crippen molar-refractivity contribution in [1.82, 2.24) is 15.2 Å². The van der Waals surface area contributed by atoms with E-state index in [0.717, 1.165) is 0 Å². The lowest BCUT2D eigenvalue weighted by molar-refractivity contribution is 0.0889. The molecule has 0 fully saturated rings. The molecule has 140 valence electrons. The number of carboxylic acid groups (broad SMARTS) is 1. The van der Waals surface area contributed by atoms with E-state index < -0.39 is 17.5 Å². The third-order valence-corrected chi connectivity index (χ3v) is 5.04. The highest BCUT2D eigenvalue weighted by atomic mass is 35.5. The summed E-state index contributed by atoms with van der Waals surface area (Å²) in [4.78, 5) is 29.8.